The van der Waals surface area contributed by atoms with Crippen molar-refractivity contribution in [1.29, 1.82) is 0 Å². The monoisotopic (exact) mass is 336 g/mol. The zero-order chi connectivity index (χ0) is 9.10. The van der Waals surface area contributed by atoms with E-state index < -0.39 is 0 Å². The molecule has 0 aliphatic heterocycles. The summed E-state index contributed by atoms with van der Waals surface area (Å²) in [6, 6.07) is 10.1. The Balaban J connectivity index is 0.000000980. The van der Waals surface area contributed by atoms with Crippen LogP contribution in [0, 0.1) is 0 Å². The van der Waals surface area contributed by atoms with E-state index in [2.05, 4.69) is 5.10 Å². The first-order chi connectivity index (χ1) is 6.40. The molecule has 0 spiro atoms. The summed E-state index contributed by atoms with van der Waals surface area (Å²) in [4.78, 5) is 0. The zero-order valence-corrected chi connectivity index (χ0v) is 11.3. The molecule has 0 amide bonds. The summed E-state index contributed by atoms with van der Waals surface area (Å²) in [5.41, 5.74) is 3.13. The fourth-order valence-corrected chi connectivity index (χ4v) is 2.20. The number of hydrogen-bond acceptors (Lipinski definition) is 3. The van der Waals surface area contributed by atoms with Crippen LogP contribution >= 0.6 is 23.1 Å². The number of aromatic nitrogens is 2. The molecule has 0 bridgehead atoms. The van der Waals surface area contributed by atoms with E-state index in [1.807, 2.05) is 46.8 Å². The van der Waals surface area contributed by atoms with Crippen molar-refractivity contribution in [3.05, 3.63) is 35.8 Å². The fraction of sp³-hybridized carbons (Fsp3) is 0.111. The van der Waals surface area contributed by atoms with Gasteiger partial charge in [-0.3, -0.25) is 0 Å². The minimum atomic E-state index is 0. The average molecular weight is 336 g/mol. The molecule has 0 aliphatic rings. The van der Waals surface area contributed by atoms with Crippen LogP contribution < -0.4 is 28.7 Å². The van der Waals surface area contributed by atoms with E-state index in [0.29, 0.717) is 0 Å². The van der Waals surface area contributed by atoms with E-state index in [-0.39, 0.29) is 24.0 Å². The normalized spacial score (nSPS) is 9.50. The molecule has 2 rings (SSSR count). The van der Waals surface area contributed by atoms with Crippen LogP contribution in [-0.2, 0) is 0 Å². The number of benzene rings is 1. The number of para-hydroxylation sites is 1. The summed E-state index contributed by atoms with van der Waals surface area (Å²) in [6.45, 7) is 0. The Morgan fingerprint density at radius 2 is 2.00 bits per heavy atom. The molecule has 0 atom stereocenters. The lowest BCUT2D eigenvalue weighted by Gasteiger charge is -1.85. The largest absolute Gasteiger partial charge is 1.00 e. The lowest BCUT2D eigenvalue weighted by atomic mass is 10.3. The molecule has 5 heteroatoms. The highest BCUT2D eigenvalue weighted by atomic mass is 127. The van der Waals surface area contributed by atoms with Crippen molar-refractivity contribution in [2.45, 2.75) is 4.34 Å². The Bertz CT molecular complexity index is 389. The molecule has 1 heterocycles. The van der Waals surface area contributed by atoms with Crippen LogP contribution in [0.25, 0.3) is 5.69 Å². The predicted molar refractivity (Wildman–Crippen MR) is 55.4 cm³/mol. The van der Waals surface area contributed by atoms with Gasteiger partial charge in [0.05, 0.1) is 0 Å². The lowest BCUT2D eigenvalue weighted by molar-refractivity contribution is -0.656. The van der Waals surface area contributed by atoms with E-state index in [9.17, 15) is 0 Å². The van der Waals surface area contributed by atoms with Gasteiger partial charge in [-0.25, -0.2) is 0 Å². The van der Waals surface area contributed by atoms with E-state index in [1.165, 1.54) is 0 Å². The Hall–Kier alpha value is -0.140. The van der Waals surface area contributed by atoms with Crippen molar-refractivity contribution in [3.63, 3.8) is 0 Å². The van der Waals surface area contributed by atoms with E-state index in [1.54, 1.807) is 23.1 Å². The van der Waals surface area contributed by atoms with Gasteiger partial charge in [-0.05, 0) is 22.3 Å². The minimum Gasteiger partial charge on any atom is -1.00 e. The first kappa shape index (κ1) is 11.9. The van der Waals surface area contributed by atoms with Gasteiger partial charge < -0.3 is 24.0 Å². The fourth-order valence-electron chi connectivity index (χ4n) is 1.02. The molecule has 0 saturated heterocycles. The van der Waals surface area contributed by atoms with Crippen LogP contribution in [0.2, 0.25) is 0 Å². The third kappa shape index (κ3) is 2.68. The molecule has 0 fully saturated rings. The average Bonchev–Trinajstić information content (AvgIpc) is 2.67. The van der Waals surface area contributed by atoms with Gasteiger partial charge in [0, 0.05) is 17.2 Å². The Labute approximate surface area is 108 Å². The Kier molecular flexibility index (Phi) is 4.83. The quantitative estimate of drug-likeness (QED) is 0.404. The molecular formula is C9H9IN2S2. The Morgan fingerprint density at radius 3 is 2.57 bits per heavy atom. The van der Waals surface area contributed by atoms with Crippen molar-refractivity contribution in [2.24, 2.45) is 0 Å². The third-order valence-corrected chi connectivity index (χ3v) is 3.45. The van der Waals surface area contributed by atoms with Gasteiger partial charge in [0.1, 0.15) is 0 Å². The molecule has 1 aromatic heterocycles. The summed E-state index contributed by atoms with van der Waals surface area (Å²) in [5.74, 6) is 0. The van der Waals surface area contributed by atoms with Gasteiger partial charge in [-0.2, -0.15) is 0 Å². The van der Waals surface area contributed by atoms with Crippen LogP contribution in [-0.4, -0.2) is 11.4 Å². The summed E-state index contributed by atoms with van der Waals surface area (Å²) < 4.78 is 2.99. The van der Waals surface area contributed by atoms with Gasteiger partial charge >= 0.3 is 0 Å². The van der Waals surface area contributed by atoms with E-state index >= 15 is 0 Å². The first-order valence-corrected chi connectivity index (χ1v) is 5.97. The maximum atomic E-state index is 4.40. The second-order valence-corrected chi connectivity index (χ2v) is 4.36. The van der Waals surface area contributed by atoms with Gasteiger partial charge in [-0.1, -0.05) is 30.0 Å². The Morgan fingerprint density at radius 1 is 1.29 bits per heavy atom. The molecule has 14 heavy (non-hydrogen) atoms. The molecule has 0 unspecified atom stereocenters. The second kappa shape index (κ2) is 5.67. The van der Waals surface area contributed by atoms with Crippen LogP contribution in [0.15, 0.2) is 40.2 Å². The zero-order valence-electron chi connectivity index (χ0n) is 7.55. The van der Waals surface area contributed by atoms with E-state index in [4.69, 9.17) is 0 Å². The number of rotatable bonds is 2. The maximum absolute atomic E-state index is 4.40. The van der Waals surface area contributed by atoms with Crippen LogP contribution in [0.1, 0.15) is 0 Å². The van der Waals surface area contributed by atoms with Gasteiger partial charge in [0.2, 0.25) is 10.0 Å². The molecule has 2 nitrogen and oxygen atoms in total. The highest BCUT2D eigenvalue weighted by Gasteiger charge is 2.10. The number of thioether (sulfide) groups is 1. The minimum absolute atomic E-state index is 0. The van der Waals surface area contributed by atoms with Crippen LogP contribution in [0.3, 0.4) is 0 Å². The lowest BCUT2D eigenvalue weighted by Crippen LogP contribution is -3.00. The van der Waals surface area contributed by atoms with Crippen LogP contribution in [0.5, 0.6) is 0 Å². The first-order valence-electron chi connectivity index (χ1n) is 3.87. The molecule has 2 aromatic rings. The second-order valence-electron chi connectivity index (χ2n) is 2.47. The highest BCUT2D eigenvalue weighted by Crippen LogP contribution is 2.14. The summed E-state index contributed by atoms with van der Waals surface area (Å²) in [7, 11) is 0. The van der Waals surface area contributed by atoms with E-state index in [0.717, 1.165) is 10.0 Å². The van der Waals surface area contributed by atoms with Crippen molar-refractivity contribution >= 4 is 23.1 Å². The van der Waals surface area contributed by atoms with Gasteiger partial charge in [0.25, 0.3) is 5.51 Å². The molecule has 0 saturated carbocycles. The topological polar surface area (TPSA) is 16.8 Å². The number of nitrogens with zero attached hydrogens (tertiary/aromatic N) is 2. The molecule has 0 N–H and O–H groups in total. The standard InChI is InChI=1S/C9H9N2S2.HI/c1-12-9-10-11(7-13-9)8-5-3-2-4-6-8;/h2-7H,1H3;1H/q+1;/p-1. The van der Waals surface area contributed by atoms with Crippen LogP contribution in [0.4, 0.5) is 0 Å². The number of halogens is 1. The molecule has 74 valence electrons. The molecule has 1 aromatic carbocycles. The maximum Gasteiger partial charge on any atom is 0.260 e. The highest BCUT2D eigenvalue weighted by molar-refractivity contribution is 8.00. The summed E-state index contributed by atoms with van der Waals surface area (Å²) >= 11 is 3.33. The third-order valence-electron chi connectivity index (χ3n) is 1.64. The smallest absolute Gasteiger partial charge is 0.260 e. The molecule has 0 aliphatic carbocycles. The van der Waals surface area contributed by atoms with Crippen molar-refractivity contribution < 1.29 is 28.7 Å². The van der Waals surface area contributed by atoms with Crippen molar-refractivity contribution in [3.8, 4) is 5.69 Å². The summed E-state index contributed by atoms with van der Waals surface area (Å²) in [5, 5.41) is 4.40. The molecule has 0 radical (unpaired) electrons. The summed E-state index contributed by atoms with van der Waals surface area (Å²) in [6.07, 6.45) is 2.04. The van der Waals surface area contributed by atoms with Gasteiger partial charge in [0.15, 0.2) is 0 Å². The SMILES string of the molecule is CSc1n[n+](-c2ccccc2)cs1.[I-]. The predicted octanol–water partition coefficient (Wildman–Crippen LogP) is -0.854. The molecular weight excluding hydrogens is 327 g/mol. The van der Waals surface area contributed by atoms with Crippen molar-refractivity contribution in [2.75, 3.05) is 6.26 Å². The van der Waals surface area contributed by atoms with Gasteiger partial charge in [-0.15, -0.1) is 0 Å². The van der Waals surface area contributed by atoms with Crippen molar-refractivity contribution in [1.82, 2.24) is 5.10 Å². The number of hydrogen-bond donors (Lipinski definition) is 0.